The fraction of sp³-hybridized carbons (Fsp3) is 0. The molecule has 3 aromatic carbocycles. The van der Waals surface area contributed by atoms with Crippen molar-refractivity contribution >= 4 is 51.7 Å². The third kappa shape index (κ3) is 4.63. The van der Waals surface area contributed by atoms with Crippen molar-refractivity contribution in [1.29, 1.82) is 0 Å². The van der Waals surface area contributed by atoms with Crippen molar-refractivity contribution in [2.45, 2.75) is 0 Å². The maximum Gasteiger partial charge on any atom is 0.214 e. The zero-order chi connectivity index (χ0) is 18.4. The summed E-state index contributed by atoms with van der Waals surface area (Å²) < 4.78 is 0. The Morgan fingerprint density at radius 1 is 0.846 bits per heavy atom. The van der Waals surface area contributed by atoms with Gasteiger partial charge in [0.05, 0.1) is 5.69 Å². The van der Waals surface area contributed by atoms with Gasteiger partial charge in [-0.15, -0.1) is 0 Å². The number of rotatable bonds is 5. The van der Waals surface area contributed by atoms with E-state index >= 15 is 0 Å². The zero-order valence-electron chi connectivity index (χ0n) is 13.7. The van der Waals surface area contributed by atoms with Crippen LogP contribution in [0, 0.1) is 0 Å². The molecule has 0 saturated heterocycles. The molecule has 0 spiro atoms. The van der Waals surface area contributed by atoms with Gasteiger partial charge in [-0.2, -0.15) is 0 Å². The first-order valence-electron chi connectivity index (χ1n) is 7.94. The molecule has 0 radical (unpaired) electrons. The second kappa shape index (κ2) is 8.52. The van der Waals surface area contributed by atoms with E-state index in [1.54, 1.807) is 36.4 Å². The van der Waals surface area contributed by atoms with Crippen molar-refractivity contribution in [3.8, 4) is 0 Å². The molecule has 1 N–H and O–H groups in total. The van der Waals surface area contributed by atoms with Crippen LogP contribution in [0.1, 0.15) is 10.4 Å². The van der Waals surface area contributed by atoms with Crippen LogP contribution in [0.3, 0.4) is 0 Å². The topological polar surface area (TPSA) is 41.5 Å². The van der Waals surface area contributed by atoms with Crippen LogP contribution >= 0.6 is 23.8 Å². The predicted octanol–water partition coefficient (Wildman–Crippen LogP) is 5.73. The zero-order valence-corrected chi connectivity index (χ0v) is 15.3. The molecule has 3 nitrogen and oxygen atoms in total. The van der Waals surface area contributed by atoms with Gasteiger partial charge in [0, 0.05) is 16.3 Å². The summed E-state index contributed by atoms with van der Waals surface area (Å²) in [6.07, 6.45) is 0. The number of carbonyl (C=O) groups excluding carboxylic acids is 1. The largest absolute Gasteiger partial charge is 0.345 e. The Bertz CT molecular complexity index is 939. The summed E-state index contributed by atoms with van der Waals surface area (Å²) in [4.78, 5) is 17.7. The number of ketones is 1. The van der Waals surface area contributed by atoms with Crippen LogP contribution in [0.5, 0.6) is 0 Å². The lowest BCUT2D eigenvalue weighted by Crippen LogP contribution is -2.28. The number of carbonyl (C=O) groups is 1. The third-order valence-corrected chi connectivity index (χ3v) is 4.11. The molecule has 0 atom stereocenters. The van der Waals surface area contributed by atoms with E-state index in [0.29, 0.717) is 16.3 Å². The summed E-state index contributed by atoms with van der Waals surface area (Å²) in [5.41, 5.74) is 2.11. The van der Waals surface area contributed by atoms with Crippen LogP contribution in [0.4, 0.5) is 11.4 Å². The molecule has 0 bridgehead atoms. The van der Waals surface area contributed by atoms with Crippen molar-refractivity contribution < 1.29 is 4.79 Å². The van der Waals surface area contributed by atoms with E-state index in [4.69, 9.17) is 23.8 Å². The number of hydrogen-bond acceptors (Lipinski definition) is 3. The fourth-order valence-corrected chi connectivity index (χ4v) is 2.67. The Hall–Kier alpha value is -2.82. The Labute approximate surface area is 162 Å². The summed E-state index contributed by atoms with van der Waals surface area (Å²) in [6.45, 7) is 0. The molecule has 0 aromatic heterocycles. The minimum atomic E-state index is -0.235. The number of thiocarbonyl (C=S) groups is 1. The number of nitrogens with zero attached hydrogens (tertiary/aromatic N) is 1. The summed E-state index contributed by atoms with van der Waals surface area (Å²) in [7, 11) is 0. The van der Waals surface area contributed by atoms with Crippen molar-refractivity contribution in [3.05, 3.63) is 95.5 Å². The molecule has 5 heteroatoms. The molecule has 0 heterocycles. The van der Waals surface area contributed by atoms with Gasteiger partial charge in [0.1, 0.15) is 10.7 Å². The molecule has 3 aromatic rings. The van der Waals surface area contributed by atoms with Crippen molar-refractivity contribution in [3.63, 3.8) is 0 Å². The van der Waals surface area contributed by atoms with E-state index < -0.39 is 0 Å². The SMILES string of the molecule is O=C(C(=Nc1ccccc1)C(=S)Nc1ccc(Cl)cc1)c1ccccc1. The second-order valence-electron chi connectivity index (χ2n) is 5.45. The maximum absolute atomic E-state index is 13.0. The highest BCUT2D eigenvalue weighted by molar-refractivity contribution is 7.82. The number of halogens is 1. The molecule has 0 amide bonds. The van der Waals surface area contributed by atoms with Crippen molar-refractivity contribution in [2.75, 3.05) is 5.32 Å². The number of anilines is 1. The van der Waals surface area contributed by atoms with Gasteiger partial charge in [0.25, 0.3) is 0 Å². The Kier molecular flexibility index (Phi) is 5.89. The Morgan fingerprint density at radius 3 is 2.04 bits per heavy atom. The average Bonchev–Trinajstić information content (AvgIpc) is 2.69. The second-order valence-corrected chi connectivity index (χ2v) is 6.30. The standard InChI is InChI=1S/C21H15ClN2OS/c22-16-11-13-18(14-12-16)24-21(26)19(23-17-9-5-2-6-10-17)20(25)15-7-3-1-4-8-15/h1-14H,(H,24,26). The quantitative estimate of drug-likeness (QED) is 0.350. The highest BCUT2D eigenvalue weighted by Crippen LogP contribution is 2.16. The monoisotopic (exact) mass is 378 g/mol. The van der Waals surface area contributed by atoms with Crippen LogP contribution in [-0.2, 0) is 0 Å². The number of hydrogen-bond donors (Lipinski definition) is 1. The molecule has 3 rings (SSSR count). The van der Waals surface area contributed by atoms with Gasteiger partial charge in [0.2, 0.25) is 5.78 Å². The summed E-state index contributed by atoms with van der Waals surface area (Å²) in [6, 6.07) is 25.3. The average molecular weight is 379 g/mol. The molecule has 26 heavy (non-hydrogen) atoms. The molecular formula is C21H15ClN2OS. The van der Waals surface area contributed by atoms with E-state index in [2.05, 4.69) is 10.3 Å². The maximum atomic E-state index is 13.0. The predicted molar refractivity (Wildman–Crippen MR) is 112 cm³/mol. The normalized spacial score (nSPS) is 11.0. The van der Waals surface area contributed by atoms with Crippen LogP contribution in [0.2, 0.25) is 5.02 Å². The number of Topliss-reactive ketones (excluding diaryl/α,β-unsaturated/α-hetero) is 1. The lowest BCUT2D eigenvalue weighted by molar-refractivity contribution is 0.106. The van der Waals surface area contributed by atoms with E-state index in [-0.39, 0.29) is 16.5 Å². The van der Waals surface area contributed by atoms with Crippen LogP contribution in [-0.4, -0.2) is 16.5 Å². The smallest absolute Gasteiger partial charge is 0.214 e. The van der Waals surface area contributed by atoms with E-state index in [0.717, 1.165) is 5.69 Å². The molecular weight excluding hydrogens is 364 g/mol. The lowest BCUT2D eigenvalue weighted by Gasteiger charge is -2.11. The number of aliphatic imine (C=N–C) groups is 1. The highest BCUT2D eigenvalue weighted by atomic mass is 35.5. The molecule has 0 aliphatic rings. The molecule has 0 fully saturated rings. The van der Waals surface area contributed by atoms with Gasteiger partial charge in [0.15, 0.2) is 0 Å². The molecule has 0 aliphatic carbocycles. The van der Waals surface area contributed by atoms with Crippen LogP contribution < -0.4 is 5.32 Å². The summed E-state index contributed by atoms with van der Waals surface area (Å²) >= 11 is 11.4. The first-order valence-corrected chi connectivity index (χ1v) is 8.72. The lowest BCUT2D eigenvalue weighted by atomic mass is 10.1. The molecule has 0 unspecified atom stereocenters. The van der Waals surface area contributed by atoms with E-state index in [1.165, 1.54) is 0 Å². The minimum absolute atomic E-state index is 0.187. The van der Waals surface area contributed by atoms with Crippen LogP contribution in [0.25, 0.3) is 0 Å². The van der Waals surface area contributed by atoms with Gasteiger partial charge < -0.3 is 5.32 Å². The van der Waals surface area contributed by atoms with Gasteiger partial charge >= 0.3 is 0 Å². The van der Waals surface area contributed by atoms with E-state index in [1.807, 2.05) is 48.5 Å². The highest BCUT2D eigenvalue weighted by Gasteiger charge is 2.19. The van der Waals surface area contributed by atoms with Gasteiger partial charge in [-0.25, -0.2) is 4.99 Å². The number of nitrogens with one attached hydrogen (secondary N) is 1. The molecule has 0 saturated carbocycles. The Morgan fingerprint density at radius 2 is 1.42 bits per heavy atom. The first-order chi connectivity index (χ1) is 12.6. The van der Waals surface area contributed by atoms with Crippen LogP contribution in [0.15, 0.2) is 89.9 Å². The number of benzene rings is 3. The first kappa shape index (κ1) is 18.0. The fourth-order valence-electron chi connectivity index (χ4n) is 2.29. The van der Waals surface area contributed by atoms with E-state index in [9.17, 15) is 4.79 Å². The number of para-hydroxylation sites is 1. The van der Waals surface area contributed by atoms with Gasteiger partial charge in [-0.05, 0) is 36.4 Å². The molecule has 0 aliphatic heterocycles. The third-order valence-electron chi connectivity index (χ3n) is 3.57. The summed E-state index contributed by atoms with van der Waals surface area (Å²) in [5.74, 6) is -0.235. The minimum Gasteiger partial charge on any atom is -0.345 e. The summed E-state index contributed by atoms with van der Waals surface area (Å²) in [5, 5.41) is 3.69. The van der Waals surface area contributed by atoms with Crippen molar-refractivity contribution in [2.24, 2.45) is 4.99 Å². The van der Waals surface area contributed by atoms with Gasteiger partial charge in [-0.1, -0.05) is 72.3 Å². The Balaban J connectivity index is 1.94. The van der Waals surface area contributed by atoms with Gasteiger partial charge in [-0.3, -0.25) is 4.79 Å². The molecule has 128 valence electrons. The van der Waals surface area contributed by atoms with Crippen molar-refractivity contribution in [1.82, 2.24) is 0 Å².